The average molecular weight is 442 g/mol. The van der Waals surface area contributed by atoms with Crippen molar-refractivity contribution in [2.24, 2.45) is 0 Å². The van der Waals surface area contributed by atoms with E-state index in [-0.39, 0.29) is 18.5 Å². The zero-order chi connectivity index (χ0) is 21.8. The first-order valence-corrected chi connectivity index (χ1v) is 11.0. The Kier molecular flexibility index (Phi) is 4.33. The first kappa shape index (κ1) is 19.1. The Hall–Kier alpha value is -3.57. The van der Waals surface area contributed by atoms with Gasteiger partial charge in [0.1, 0.15) is 12.1 Å². The minimum Gasteiger partial charge on any atom is -0.356 e. The zero-order valence-corrected chi connectivity index (χ0v) is 17.9. The highest BCUT2D eigenvalue weighted by molar-refractivity contribution is 6.30. The molecule has 158 valence electrons. The summed E-state index contributed by atoms with van der Waals surface area (Å²) in [6.07, 6.45) is 0.492. The maximum Gasteiger partial charge on any atom is 0.328 e. The Balaban J connectivity index is 1.50. The second-order valence-corrected chi connectivity index (χ2v) is 8.78. The van der Waals surface area contributed by atoms with Crippen molar-refractivity contribution in [3.8, 4) is 0 Å². The predicted molar refractivity (Wildman–Crippen MR) is 123 cm³/mol. The van der Waals surface area contributed by atoms with E-state index in [2.05, 4.69) is 11.1 Å². The third-order valence-corrected chi connectivity index (χ3v) is 6.72. The molecule has 2 aliphatic rings. The van der Waals surface area contributed by atoms with Crippen LogP contribution in [0, 0.1) is 0 Å². The van der Waals surface area contributed by atoms with E-state index in [9.17, 15) is 9.59 Å². The molecule has 3 amide bonds. The molecule has 4 aromatic rings. The number of aromatic amines is 1. The van der Waals surface area contributed by atoms with E-state index in [0.29, 0.717) is 11.4 Å². The monoisotopic (exact) mass is 441 g/mol. The number of urea groups is 1. The number of H-pyrrole nitrogens is 1. The Morgan fingerprint density at radius 2 is 1.72 bits per heavy atom. The third kappa shape index (κ3) is 2.85. The van der Waals surface area contributed by atoms with Crippen LogP contribution in [-0.4, -0.2) is 32.8 Å². The van der Waals surface area contributed by atoms with Crippen LogP contribution in [0.4, 0.5) is 4.79 Å². The van der Waals surface area contributed by atoms with Gasteiger partial charge in [0.25, 0.3) is 5.91 Å². The lowest BCUT2D eigenvalue weighted by Crippen LogP contribution is -2.44. The summed E-state index contributed by atoms with van der Waals surface area (Å²) in [5.74, 6) is -0.151. The lowest BCUT2D eigenvalue weighted by molar-refractivity contribution is -0.129. The van der Waals surface area contributed by atoms with Crippen molar-refractivity contribution in [1.29, 1.82) is 0 Å². The fourth-order valence-electron chi connectivity index (χ4n) is 5.06. The molecule has 1 aromatic heterocycles. The van der Waals surface area contributed by atoms with E-state index in [4.69, 9.17) is 11.6 Å². The number of hydrogen-bond acceptors (Lipinski definition) is 2. The van der Waals surface area contributed by atoms with Gasteiger partial charge in [0.05, 0.1) is 6.54 Å². The maximum absolute atomic E-state index is 13.6. The van der Waals surface area contributed by atoms with E-state index in [0.717, 1.165) is 33.3 Å². The quantitative estimate of drug-likeness (QED) is 0.438. The molecule has 2 atom stereocenters. The van der Waals surface area contributed by atoms with E-state index in [1.54, 1.807) is 4.90 Å². The van der Waals surface area contributed by atoms with Gasteiger partial charge in [0, 0.05) is 28.0 Å². The normalized spacial score (nSPS) is 20.0. The first-order chi connectivity index (χ1) is 15.6. The van der Waals surface area contributed by atoms with Gasteiger partial charge in [-0.15, -0.1) is 0 Å². The van der Waals surface area contributed by atoms with E-state index < -0.39 is 12.1 Å². The minimum atomic E-state index is -0.540. The molecule has 2 unspecified atom stereocenters. The summed E-state index contributed by atoms with van der Waals surface area (Å²) in [6.45, 7) is 0.266. The SMILES string of the molecule is O=C1C2Cc3c([nH]c4ccccc34)C(c3cccc(Cl)c3)N2C(=O)N1Cc1ccccc1. The average Bonchev–Trinajstić information content (AvgIpc) is 3.29. The van der Waals surface area contributed by atoms with Gasteiger partial charge in [-0.2, -0.15) is 0 Å². The van der Waals surface area contributed by atoms with Gasteiger partial charge in [0.15, 0.2) is 0 Å². The standard InChI is InChI=1S/C26H20ClN3O2/c27-18-10-6-9-17(13-18)24-23-20(19-11-4-5-12-21(19)28-23)14-22-25(31)29(26(32)30(22)24)15-16-7-2-1-3-8-16/h1-13,22,24,28H,14-15H2. The van der Waals surface area contributed by atoms with Crippen LogP contribution >= 0.6 is 11.6 Å². The number of rotatable bonds is 3. The number of carbonyl (C=O) groups is 2. The Labute approximate surface area is 190 Å². The molecule has 32 heavy (non-hydrogen) atoms. The first-order valence-electron chi connectivity index (χ1n) is 10.6. The molecular formula is C26H20ClN3O2. The molecule has 0 radical (unpaired) electrons. The van der Waals surface area contributed by atoms with Gasteiger partial charge >= 0.3 is 6.03 Å². The number of amides is 3. The molecule has 0 bridgehead atoms. The fourth-order valence-corrected chi connectivity index (χ4v) is 5.26. The van der Waals surface area contributed by atoms with Crippen LogP contribution in [0.1, 0.15) is 28.4 Å². The molecule has 0 aliphatic carbocycles. The van der Waals surface area contributed by atoms with Crippen molar-refractivity contribution in [3.63, 3.8) is 0 Å². The number of nitrogens with one attached hydrogen (secondary N) is 1. The molecule has 2 aliphatic heterocycles. The second kappa shape index (κ2) is 7.24. The fraction of sp³-hybridized carbons (Fsp3) is 0.154. The highest BCUT2D eigenvalue weighted by atomic mass is 35.5. The van der Waals surface area contributed by atoms with Crippen molar-refractivity contribution in [3.05, 3.63) is 106 Å². The third-order valence-electron chi connectivity index (χ3n) is 6.48. The second-order valence-electron chi connectivity index (χ2n) is 8.34. The van der Waals surface area contributed by atoms with Gasteiger partial charge in [-0.05, 0) is 34.9 Å². The number of para-hydroxylation sites is 1. The molecule has 1 saturated heterocycles. The van der Waals surface area contributed by atoms with Crippen molar-refractivity contribution in [2.45, 2.75) is 25.0 Å². The number of fused-ring (bicyclic) bond motifs is 4. The molecule has 3 heterocycles. The van der Waals surface area contributed by atoms with Crippen LogP contribution in [0.15, 0.2) is 78.9 Å². The van der Waals surface area contributed by atoms with E-state index in [1.807, 2.05) is 72.8 Å². The van der Waals surface area contributed by atoms with Crippen molar-refractivity contribution < 1.29 is 9.59 Å². The van der Waals surface area contributed by atoms with Crippen LogP contribution < -0.4 is 0 Å². The number of aromatic nitrogens is 1. The number of nitrogens with zero attached hydrogens (tertiary/aromatic N) is 2. The lowest BCUT2D eigenvalue weighted by Gasteiger charge is -2.36. The molecule has 6 rings (SSSR count). The van der Waals surface area contributed by atoms with Gasteiger partial charge < -0.3 is 4.98 Å². The molecule has 3 aromatic carbocycles. The summed E-state index contributed by atoms with van der Waals surface area (Å²) in [5, 5.41) is 1.69. The van der Waals surface area contributed by atoms with Crippen LogP contribution in [0.25, 0.3) is 10.9 Å². The van der Waals surface area contributed by atoms with Crippen LogP contribution in [0.5, 0.6) is 0 Å². The Morgan fingerprint density at radius 3 is 2.53 bits per heavy atom. The van der Waals surface area contributed by atoms with Crippen LogP contribution in [0.3, 0.4) is 0 Å². The molecule has 5 nitrogen and oxygen atoms in total. The minimum absolute atomic E-state index is 0.151. The van der Waals surface area contributed by atoms with Crippen molar-refractivity contribution >= 4 is 34.4 Å². The largest absolute Gasteiger partial charge is 0.356 e. The van der Waals surface area contributed by atoms with E-state index in [1.165, 1.54) is 4.90 Å². The number of benzene rings is 3. The number of imide groups is 1. The van der Waals surface area contributed by atoms with Gasteiger partial charge in [-0.3, -0.25) is 14.6 Å². The topological polar surface area (TPSA) is 56.4 Å². The molecule has 0 saturated carbocycles. The summed E-state index contributed by atoms with van der Waals surface area (Å²) in [7, 11) is 0. The molecule has 6 heteroatoms. The van der Waals surface area contributed by atoms with E-state index >= 15 is 0 Å². The molecule has 0 spiro atoms. The molecular weight excluding hydrogens is 422 g/mol. The smallest absolute Gasteiger partial charge is 0.328 e. The Bertz CT molecular complexity index is 1360. The molecule has 1 N–H and O–H groups in total. The summed E-state index contributed by atoms with van der Waals surface area (Å²) >= 11 is 6.32. The highest BCUT2D eigenvalue weighted by Gasteiger charge is 2.52. The lowest BCUT2D eigenvalue weighted by atomic mass is 9.89. The van der Waals surface area contributed by atoms with Crippen molar-refractivity contribution in [2.75, 3.05) is 0 Å². The van der Waals surface area contributed by atoms with Gasteiger partial charge in [-0.1, -0.05) is 72.3 Å². The predicted octanol–water partition coefficient (Wildman–Crippen LogP) is 5.30. The number of hydrogen-bond donors (Lipinski definition) is 1. The summed E-state index contributed by atoms with van der Waals surface area (Å²) in [5.41, 5.74) is 4.86. The highest BCUT2D eigenvalue weighted by Crippen LogP contribution is 2.44. The number of carbonyl (C=O) groups excluding carboxylic acids is 2. The van der Waals surface area contributed by atoms with Crippen molar-refractivity contribution in [1.82, 2.24) is 14.8 Å². The molecule has 1 fully saturated rings. The van der Waals surface area contributed by atoms with Gasteiger partial charge in [0.2, 0.25) is 0 Å². The Morgan fingerprint density at radius 1 is 0.938 bits per heavy atom. The van der Waals surface area contributed by atoms with Crippen LogP contribution in [-0.2, 0) is 17.8 Å². The maximum atomic E-state index is 13.6. The number of halogens is 1. The van der Waals surface area contributed by atoms with Crippen LogP contribution in [0.2, 0.25) is 5.02 Å². The zero-order valence-electron chi connectivity index (χ0n) is 17.2. The summed E-state index contributed by atoms with van der Waals surface area (Å²) < 4.78 is 0. The summed E-state index contributed by atoms with van der Waals surface area (Å²) in [4.78, 5) is 33.8. The summed E-state index contributed by atoms with van der Waals surface area (Å²) in [6, 6.07) is 24.0. The van der Waals surface area contributed by atoms with Gasteiger partial charge in [-0.25, -0.2) is 4.79 Å².